The summed E-state index contributed by atoms with van der Waals surface area (Å²) in [6.07, 6.45) is 7.48. The minimum atomic E-state index is -0.235. The molecule has 0 saturated carbocycles. The van der Waals surface area contributed by atoms with Gasteiger partial charge in [-0.2, -0.15) is 0 Å². The molecule has 0 spiro atoms. The van der Waals surface area contributed by atoms with Gasteiger partial charge in [0.15, 0.2) is 0 Å². The number of unbranched alkanes of at least 4 members (excludes halogenated alkanes) is 3. The van der Waals surface area contributed by atoms with E-state index in [2.05, 4.69) is 27.7 Å². The van der Waals surface area contributed by atoms with E-state index in [-0.39, 0.29) is 24.5 Å². The van der Waals surface area contributed by atoms with Crippen LogP contribution in [0.1, 0.15) is 72.6 Å². The van der Waals surface area contributed by atoms with Crippen LogP contribution in [0.25, 0.3) is 0 Å². The molecule has 0 amide bonds. The Morgan fingerprint density at radius 1 is 1.00 bits per heavy atom. The van der Waals surface area contributed by atoms with E-state index < -0.39 is 0 Å². The maximum Gasteiger partial charge on any atom is 0.0572 e. The fraction of sp³-hybridized carbons (Fsp3) is 1.00. The highest BCUT2D eigenvalue weighted by Crippen LogP contribution is 2.28. The second-order valence-corrected chi connectivity index (χ2v) is 6.06. The van der Waals surface area contributed by atoms with Crippen LogP contribution in [0.4, 0.5) is 0 Å². The molecule has 2 heteroatoms. The van der Waals surface area contributed by atoms with Crippen LogP contribution in [-0.4, -0.2) is 22.9 Å². The van der Waals surface area contributed by atoms with E-state index in [1.807, 2.05) is 0 Å². The van der Waals surface area contributed by atoms with E-state index in [9.17, 15) is 10.2 Å². The van der Waals surface area contributed by atoms with Gasteiger partial charge in [0, 0.05) is 6.61 Å². The Hall–Kier alpha value is -0.0800. The Morgan fingerprint density at radius 3 is 2.11 bits per heavy atom. The SMILES string of the molecule is CCCCCCC(O)C(CC(C)C)C(CC)CO. The number of hydrogen-bond acceptors (Lipinski definition) is 2. The number of aliphatic hydroxyl groups excluding tert-OH is 2. The van der Waals surface area contributed by atoms with Gasteiger partial charge >= 0.3 is 0 Å². The van der Waals surface area contributed by atoms with Crippen molar-refractivity contribution in [3.8, 4) is 0 Å². The van der Waals surface area contributed by atoms with Gasteiger partial charge in [-0.15, -0.1) is 0 Å². The average Bonchev–Trinajstić information content (AvgIpc) is 2.34. The molecule has 3 atom stereocenters. The summed E-state index contributed by atoms with van der Waals surface area (Å²) in [4.78, 5) is 0. The van der Waals surface area contributed by atoms with Crippen molar-refractivity contribution in [3.05, 3.63) is 0 Å². The van der Waals surface area contributed by atoms with E-state index in [1.54, 1.807) is 0 Å². The molecule has 0 aromatic rings. The van der Waals surface area contributed by atoms with Gasteiger partial charge < -0.3 is 10.2 Å². The second kappa shape index (κ2) is 10.8. The van der Waals surface area contributed by atoms with Crippen LogP contribution in [0.15, 0.2) is 0 Å². The molecule has 18 heavy (non-hydrogen) atoms. The minimum absolute atomic E-state index is 0.208. The first-order valence-electron chi connectivity index (χ1n) is 7.85. The van der Waals surface area contributed by atoms with Crippen molar-refractivity contribution >= 4 is 0 Å². The molecule has 0 heterocycles. The van der Waals surface area contributed by atoms with Crippen molar-refractivity contribution in [2.75, 3.05) is 6.61 Å². The molecule has 110 valence electrons. The summed E-state index contributed by atoms with van der Waals surface area (Å²) >= 11 is 0. The highest BCUT2D eigenvalue weighted by molar-refractivity contribution is 4.77. The van der Waals surface area contributed by atoms with Crippen molar-refractivity contribution in [1.82, 2.24) is 0 Å². The highest BCUT2D eigenvalue weighted by atomic mass is 16.3. The number of aliphatic hydroxyl groups is 2. The Kier molecular flexibility index (Phi) is 10.8. The zero-order chi connectivity index (χ0) is 14.0. The van der Waals surface area contributed by atoms with Gasteiger partial charge in [-0.25, -0.2) is 0 Å². The topological polar surface area (TPSA) is 40.5 Å². The molecule has 0 fully saturated rings. The standard InChI is InChI=1S/C16H34O2/c1-5-7-8-9-10-16(18)15(11-13(3)4)14(6-2)12-17/h13-18H,5-12H2,1-4H3. The van der Waals surface area contributed by atoms with Crippen LogP contribution in [0.2, 0.25) is 0 Å². The Balaban J connectivity index is 4.25. The molecule has 2 N–H and O–H groups in total. The third kappa shape index (κ3) is 7.38. The molecular formula is C16H34O2. The third-order valence-corrected chi connectivity index (χ3v) is 3.96. The molecular weight excluding hydrogens is 224 g/mol. The molecule has 0 aliphatic rings. The molecule has 0 bridgehead atoms. The summed E-state index contributed by atoms with van der Waals surface area (Å²) < 4.78 is 0. The van der Waals surface area contributed by atoms with Crippen molar-refractivity contribution in [2.45, 2.75) is 78.7 Å². The van der Waals surface area contributed by atoms with E-state index in [0.29, 0.717) is 5.92 Å². The average molecular weight is 258 g/mol. The summed E-state index contributed by atoms with van der Waals surface area (Å²) in [5.41, 5.74) is 0. The highest BCUT2D eigenvalue weighted by Gasteiger charge is 2.27. The van der Waals surface area contributed by atoms with E-state index in [0.717, 1.165) is 25.7 Å². The van der Waals surface area contributed by atoms with Gasteiger partial charge in [0.1, 0.15) is 0 Å². The smallest absolute Gasteiger partial charge is 0.0572 e. The normalized spacial score (nSPS) is 16.8. The van der Waals surface area contributed by atoms with Crippen molar-refractivity contribution in [3.63, 3.8) is 0 Å². The summed E-state index contributed by atoms with van der Waals surface area (Å²) in [5, 5.41) is 19.8. The van der Waals surface area contributed by atoms with Gasteiger partial charge in [0.05, 0.1) is 6.10 Å². The Labute approximate surface area is 114 Å². The largest absolute Gasteiger partial charge is 0.396 e. The predicted octanol–water partition coefficient (Wildman–Crippen LogP) is 4.00. The molecule has 0 rings (SSSR count). The van der Waals surface area contributed by atoms with E-state index >= 15 is 0 Å². The second-order valence-electron chi connectivity index (χ2n) is 6.06. The monoisotopic (exact) mass is 258 g/mol. The maximum absolute atomic E-state index is 10.4. The molecule has 2 nitrogen and oxygen atoms in total. The molecule has 0 saturated heterocycles. The fourth-order valence-corrected chi connectivity index (χ4v) is 2.77. The molecule has 0 radical (unpaired) electrons. The van der Waals surface area contributed by atoms with Gasteiger partial charge in [-0.1, -0.05) is 59.8 Å². The van der Waals surface area contributed by atoms with Crippen molar-refractivity contribution in [1.29, 1.82) is 0 Å². The summed E-state index contributed by atoms with van der Waals surface area (Å²) in [5.74, 6) is 1.11. The first-order chi connectivity index (χ1) is 8.56. The van der Waals surface area contributed by atoms with Gasteiger partial charge in [-0.3, -0.25) is 0 Å². The first kappa shape index (κ1) is 17.9. The van der Waals surface area contributed by atoms with Gasteiger partial charge in [0.2, 0.25) is 0 Å². The lowest BCUT2D eigenvalue weighted by atomic mass is 9.79. The lowest BCUT2D eigenvalue weighted by Gasteiger charge is -2.30. The van der Waals surface area contributed by atoms with Crippen LogP contribution >= 0.6 is 0 Å². The van der Waals surface area contributed by atoms with Gasteiger partial charge in [-0.05, 0) is 30.6 Å². The minimum Gasteiger partial charge on any atom is -0.396 e. The lowest BCUT2D eigenvalue weighted by molar-refractivity contribution is 0.0277. The third-order valence-electron chi connectivity index (χ3n) is 3.96. The van der Waals surface area contributed by atoms with Crippen molar-refractivity contribution in [2.24, 2.45) is 17.8 Å². The molecule has 3 unspecified atom stereocenters. The zero-order valence-electron chi connectivity index (χ0n) is 12.9. The number of hydrogen-bond donors (Lipinski definition) is 2. The first-order valence-corrected chi connectivity index (χ1v) is 7.85. The Morgan fingerprint density at radius 2 is 1.67 bits per heavy atom. The predicted molar refractivity (Wildman–Crippen MR) is 78.6 cm³/mol. The lowest BCUT2D eigenvalue weighted by Crippen LogP contribution is -2.31. The fourth-order valence-electron chi connectivity index (χ4n) is 2.77. The summed E-state index contributed by atoms with van der Waals surface area (Å²) in [7, 11) is 0. The summed E-state index contributed by atoms with van der Waals surface area (Å²) in [6, 6.07) is 0. The van der Waals surface area contributed by atoms with Crippen LogP contribution < -0.4 is 0 Å². The van der Waals surface area contributed by atoms with Crippen LogP contribution in [0.5, 0.6) is 0 Å². The van der Waals surface area contributed by atoms with Crippen LogP contribution in [-0.2, 0) is 0 Å². The Bertz CT molecular complexity index is 176. The van der Waals surface area contributed by atoms with E-state index in [1.165, 1.54) is 19.3 Å². The maximum atomic E-state index is 10.4. The van der Waals surface area contributed by atoms with Gasteiger partial charge in [0.25, 0.3) is 0 Å². The zero-order valence-corrected chi connectivity index (χ0v) is 12.9. The molecule has 0 aromatic heterocycles. The number of rotatable bonds is 11. The van der Waals surface area contributed by atoms with Crippen LogP contribution in [0.3, 0.4) is 0 Å². The van der Waals surface area contributed by atoms with E-state index in [4.69, 9.17) is 0 Å². The molecule has 0 aliphatic heterocycles. The molecule has 0 aromatic carbocycles. The van der Waals surface area contributed by atoms with Crippen molar-refractivity contribution < 1.29 is 10.2 Å². The quantitative estimate of drug-likeness (QED) is 0.550. The summed E-state index contributed by atoms with van der Waals surface area (Å²) in [6.45, 7) is 8.91. The van der Waals surface area contributed by atoms with Crippen LogP contribution in [0, 0.1) is 17.8 Å². The molecule has 0 aliphatic carbocycles.